The molecule has 1 unspecified atom stereocenters. The Morgan fingerprint density at radius 2 is 2.47 bits per heavy atom. The molecule has 2 N–H and O–H groups in total. The van der Waals surface area contributed by atoms with Crippen LogP contribution < -0.4 is 5.73 Å². The molecule has 1 aliphatic heterocycles. The van der Waals surface area contributed by atoms with Gasteiger partial charge in [0.05, 0.1) is 24.0 Å². The number of nitrogens with two attached hydrogens (primary N) is 1. The van der Waals surface area contributed by atoms with Gasteiger partial charge < -0.3 is 10.5 Å². The van der Waals surface area contributed by atoms with E-state index in [2.05, 4.69) is 17.2 Å². The van der Waals surface area contributed by atoms with Gasteiger partial charge in [0.2, 0.25) is 0 Å². The van der Waals surface area contributed by atoms with Crippen LogP contribution in [0.25, 0.3) is 0 Å². The van der Waals surface area contributed by atoms with Gasteiger partial charge in [-0.3, -0.25) is 0 Å². The highest BCUT2D eigenvalue weighted by Crippen LogP contribution is 2.15. The molecule has 0 aromatic carbocycles. The van der Waals surface area contributed by atoms with Gasteiger partial charge in [-0.25, -0.2) is 4.68 Å². The van der Waals surface area contributed by atoms with E-state index < -0.39 is 0 Å². The van der Waals surface area contributed by atoms with Crippen molar-refractivity contribution in [1.29, 1.82) is 0 Å². The molecule has 84 valence electrons. The Morgan fingerprint density at radius 3 is 3.07 bits per heavy atom. The van der Waals surface area contributed by atoms with Crippen molar-refractivity contribution in [2.75, 3.05) is 6.61 Å². The summed E-state index contributed by atoms with van der Waals surface area (Å²) in [6, 6.07) is 0. The van der Waals surface area contributed by atoms with Crippen LogP contribution in [0.2, 0.25) is 0 Å². The van der Waals surface area contributed by atoms with Crippen LogP contribution in [0.4, 0.5) is 0 Å². The molecule has 2 rings (SSSR count). The quantitative estimate of drug-likeness (QED) is 0.785. The lowest BCUT2D eigenvalue weighted by Crippen LogP contribution is -2.18. The molecule has 1 aromatic heterocycles. The molecule has 1 fully saturated rings. The van der Waals surface area contributed by atoms with Crippen LogP contribution in [0.5, 0.6) is 0 Å². The molecule has 1 aliphatic rings. The fourth-order valence-electron chi connectivity index (χ4n) is 2.04. The average molecular weight is 210 g/mol. The molecule has 0 spiro atoms. The molecular formula is C10H18N4O. The summed E-state index contributed by atoms with van der Waals surface area (Å²) in [6.45, 7) is 4.26. The number of hydrogen-bond donors (Lipinski definition) is 1. The fraction of sp³-hybridized carbons (Fsp3) is 0.800. The van der Waals surface area contributed by atoms with Gasteiger partial charge in [0.1, 0.15) is 0 Å². The second-order valence-electron chi connectivity index (χ2n) is 3.86. The van der Waals surface area contributed by atoms with Crippen molar-refractivity contribution in [3.63, 3.8) is 0 Å². The van der Waals surface area contributed by atoms with Crippen LogP contribution in [0.1, 0.15) is 31.2 Å². The molecule has 5 heteroatoms. The largest absolute Gasteiger partial charge is 0.376 e. The Balaban J connectivity index is 2.09. The Kier molecular flexibility index (Phi) is 3.33. The Labute approximate surface area is 89.6 Å². The maximum absolute atomic E-state index is 5.60. The SMILES string of the molecule is CCc1c(CN)nnn1CC1CCCO1. The summed E-state index contributed by atoms with van der Waals surface area (Å²) >= 11 is 0. The fourth-order valence-corrected chi connectivity index (χ4v) is 2.04. The molecular weight excluding hydrogens is 192 g/mol. The van der Waals surface area contributed by atoms with E-state index in [-0.39, 0.29) is 0 Å². The minimum atomic E-state index is 0.308. The molecule has 0 saturated carbocycles. The third-order valence-corrected chi connectivity index (χ3v) is 2.85. The standard InChI is InChI=1S/C10H18N4O/c1-2-10-9(6-11)12-13-14(10)7-8-4-3-5-15-8/h8H,2-7,11H2,1H3. The Bertz CT molecular complexity index is 317. The zero-order chi connectivity index (χ0) is 10.7. The first-order valence-electron chi connectivity index (χ1n) is 5.58. The van der Waals surface area contributed by atoms with Gasteiger partial charge in [0.15, 0.2) is 0 Å². The summed E-state index contributed by atoms with van der Waals surface area (Å²) < 4.78 is 7.52. The minimum Gasteiger partial charge on any atom is -0.376 e. The van der Waals surface area contributed by atoms with Gasteiger partial charge in [-0.1, -0.05) is 12.1 Å². The summed E-state index contributed by atoms with van der Waals surface area (Å²) in [7, 11) is 0. The smallest absolute Gasteiger partial charge is 0.0994 e. The number of hydrogen-bond acceptors (Lipinski definition) is 4. The highest BCUT2D eigenvalue weighted by Gasteiger charge is 2.19. The third-order valence-electron chi connectivity index (χ3n) is 2.85. The van der Waals surface area contributed by atoms with E-state index in [4.69, 9.17) is 10.5 Å². The predicted octanol–water partition coefficient (Wildman–Crippen LogP) is 0.478. The van der Waals surface area contributed by atoms with Gasteiger partial charge in [-0.15, -0.1) is 5.10 Å². The van der Waals surface area contributed by atoms with Crippen LogP contribution in [-0.2, 0) is 24.2 Å². The summed E-state index contributed by atoms with van der Waals surface area (Å²) in [4.78, 5) is 0. The average Bonchev–Trinajstić information content (AvgIpc) is 2.87. The van der Waals surface area contributed by atoms with Crippen molar-refractivity contribution >= 4 is 0 Å². The predicted molar refractivity (Wildman–Crippen MR) is 56.3 cm³/mol. The molecule has 1 atom stereocenters. The molecule has 0 aliphatic carbocycles. The van der Waals surface area contributed by atoms with E-state index in [0.717, 1.165) is 43.8 Å². The van der Waals surface area contributed by atoms with Crippen LogP contribution in [0.3, 0.4) is 0 Å². The number of nitrogens with zero attached hydrogens (tertiary/aromatic N) is 3. The zero-order valence-corrected chi connectivity index (χ0v) is 9.15. The topological polar surface area (TPSA) is 66.0 Å². The van der Waals surface area contributed by atoms with E-state index >= 15 is 0 Å². The van der Waals surface area contributed by atoms with E-state index in [9.17, 15) is 0 Å². The van der Waals surface area contributed by atoms with Gasteiger partial charge in [0.25, 0.3) is 0 Å². The Hall–Kier alpha value is -0.940. The van der Waals surface area contributed by atoms with Crippen LogP contribution in [0, 0.1) is 0 Å². The Morgan fingerprint density at radius 1 is 1.60 bits per heavy atom. The van der Waals surface area contributed by atoms with Gasteiger partial charge in [-0.2, -0.15) is 0 Å². The molecule has 1 saturated heterocycles. The van der Waals surface area contributed by atoms with Crippen molar-refractivity contribution in [3.05, 3.63) is 11.4 Å². The van der Waals surface area contributed by atoms with Crippen molar-refractivity contribution in [2.24, 2.45) is 5.73 Å². The molecule has 0 bridgehead atoms. The highest BCUT2D eigenvalue weighted by molar-refractivity contribution is 5.09. The first kappa shape index (κ1) is 10.6. The van der Waals surface area contributed by atoms with Crippen molar-refractivity contribution in [3.8, 4) is 0 Å². The molecule has 15 heavy (non-hydrogen) atoms. The first-order valence-corrected chi connectivity index (χ1v) is 5.58. The summed E-state index contributed by atoms with van der Waals surface area (Å²) in [5, 5.41) is 8.21. The second kappa shape index (κ2) is 4.72. The number of aromatic nitrogens is 3. The summed E-state index contributed by atoms with van der Waals surface area (Å²) in [5.41, 5.74) is 7.66. The van der Waals surface area contributed by atoms with E-state index in [1.54, 1.807) is 0 Å². The lowest BCUT2D eigenvalue weighted by Gasteiger charge is -2.11. The van der Waals surface area contributed by atoms with Crippen molar-refractivity contribution < 1.29 is 4.74 Å². The third kappa shape index (κ3) is 2.18. The van der Waals surface area contributed by atoms with Crippen LogP contribution in [-0.4, -0.2) is 27.7 Å². The van der Waals surface area contributed by atoms with Crippen LogP contribution >= 0.6 is 0 Å². The molecule has 5 nitrogen and oxygen atoms in total. The van der Waals surface area contributed by atoms with E-state index in [0.29, 0.717) is 12.6 Å². The maximum Gasteiger partial charge on any atom is 0.0994 e. The van der Waals surface area contributed by atoms with E-state index in [1.165, 1.54) is 0 Å². The van der Waals surface area contributed by atoms with Gasteiger partial charge in [0, 0.05) is 13.2 Å². The lowest BCUT2D eigenvalue weighted by molar-refractivity contribution is 0.0927. The van der Waals surface area contributed by atoms with Crippen molar-refractivity contribution in [2.45, 2.75) is 45.4 Å². The number of ether oxygens (including phenoxy) is 1. The van der Waals surface area contributed by atoms with Gasteiger partial charge in [-0.05, 0) is 19.3 Å². The van der Waals surface area contributed by atoms with Crippen LogP contribution in [0.15, 0.2) is 0 Å². The first-order chi connectivity index (χ1) is 7.35. The summed E-state index contributed by atoms with van der Waals surface area (Å²) in [6.07, 6.45) is 3.51. The molecule has 2 heterocycles. The monoisotopic (exact) mass is 210 g/mol. The highest BCUT2D eigenvalue weighted by atomic mass is 16.5. The van der Waals surface area contributed by atoms with Crippen molar-refractivity contribution in [1.82, 2.24) is 15.0 Å². The number of rotatable bonds is 4. The maximum atomic E-state index is 5.60. The zero-order valence-electron chi connectivity index (χ0n) is 9.15. The molecule has 1 aromatic rings. The van der Waals surface area contributed by atoms with Gasteiger partial charge >= 0.3 is 0 Å². The van der Waals surface area contributed by atoms with E-state index in [1.807, 2.05) is 4.68 Å². The molecule has 0 radical (unpaired) electrons. The normalized spacial score (nSPS) is 21.1. The second-order valence-corrected chi connectivity index (χ2v) is 3.86. The lowest BCUT2D eigenvalue weighted by atomic mass is 10.2. The molecule has 0 amide bonds. The summed E-state index contributed by atoms with van der Waals surface area (Å²) in [5.74, 6) is 0. The minimum absolute atomic E-state index is 0.308.